The molecule has 0 bridgehead atoms. The molecule has 3 rings (SSSR count). The molecule has 0 N–H and O–H groups in total. The number of ether oxygens (including phenoxy) is 2. The number of nitrogens with zero attached hydrogens (tertiary/aromatic N) is 2. The third-order valence-electron chi connectivity index (χ3n) is 3.82. The Labute approximate surface area is 146 Å². The molecule has 1 aliphatic rings. The Morgan fingerprint density at radius 3 is 3.00 bits per heavy atom. The van der Waals surface area contributed by atoms with Gasteiger partial charge in [-0.15, -0.1) is 11.3 Å². The van der Waals surface area contributed by atoms with Crippen LogP contribution in [0.5, 0.6) is 5.75 Å². The molecule has 0 fully saturated rings. The highest BCUT2D eigenvalue weighted by molar-refractivity contribution is 7.09. The highest BCUT2D eigenvalue weighted by Crippen LogP contribution is 2.36. The third-order valence-corrected chi connectivity index (χ3v) is 4.73. The maximum Gasteiger partial charge on any atom is 0.265 e. The Morgan fingerprint density at radius 1 is 1.42 bits per heavy atom. The first kappa shape index (κ1) is 16.9. The second-order valence-electron chi connectivity index (χ2n) is 6.24. The van der Waals surface area contributed by atoms with Crippen LogP contribution in [0.25, 0.3) is 11.3 Å². The van der Waals surface area contributed by atoms with Gasteiger partial charge in [-0.25, -0.2) is 4.98 Å². The summed E-state index contributed by atoms with van der Waals surface area (Å²) in [6.45, 7) is 5.68. The van der Waals surface area contributed by atoms with E-state index >= 15 is 0 Å². The first-order valence-electron chi connectivity index (χ1n) is 8.09. The summed E-state index contributed by atoms with van der Waals surface area (Å²) in [7, 11) is 1.69. The van der Waals surface area contributed by atoms with Crippen LogP contribution in [-0.4, -0.2) is 37.8 Å². The lowest BCUT2D eigenvalue weighted by atomic mass is 10.1. The van der Waals surface area contributed by atoms with Gasteiger partial charge in [0.15, 0.2) is 6.61 Å². The molecule has 1 aromatic carbocycles. The number of anilines is 1. The first-order chi connectivity index (χ1) is 11.6. The molecule has 5 nitrogen and oxygen atoms in total. The highest BCUT2D eigenvalue weighted by atomic mass is 32.1. The molecule has 0 radical (unpaired) electrons. The Balaban J connectivity index is 1.90. The number of aromatic nitrogens is 1. The molecular weight excluding hydrogens is 324 g/mol. The molecule has 0 spiro atoms. The fraction of sp³-hybridized carbons (Fsp3) is 0.444. The maximum atomic E-state index is 12.2. The highest BCUT2D eigenvalue weighted by Gasteiger charge is 2.26. The number of amides is 1. The van der Waals surface area contributed by atoms with Crippen molar-refractivity contribution in [2.24, 2.45) is 5.92 Å². The summed E-state index contributed by atoms with van der Waals surface area (Å²) in [5, 5.41) is 3.10. The van der Waals surface area contributed by atoms with Crippen LogP contribution in [0.15, 0.2) is 23.6 Å². The molecule has 1 amide bonds. The van der Waals surface area contributed by atoms with Crippen molar-refractivity contribution in [3.05, 3.63) is 28.6 Å². The van der Waals surface area contributed by atoms with Gasteiger partial charge in [-0.1, -0.05) is 13.8 Å². The summed E-state index contributed by atoms with van der Waals surface area (Å²) in [6, 6.07) is 5.93. The van der Waals surface area contributed by atoms with Crippen molar-refractivity contribution in [1.82, 2.24) is 4.98 Å². The molecule has 6 heteroatoms. The van der Waals surface area contributed by atoms with E-state index in [-0.39, 0.29) is 12.5 Å². The quantitative estimate of drug-likeness (QED) is 0.805. The topological polar surface area (TPSA) is 51.7 Å². The number of rotatable bonds is 6. The number of fused-ring (bicyclic) bond motifs is 1. The second kappa shape index (κ2) is 7.32. The van der Waals surface area contributed by atoms with Gasteiger partial charge in [-0.2, -0.15) is 0 Å². The molecule has 1 aliphatic heterocycles. The van der Waals surface area contributed by atoms with Gasteiger partial charge in [0, 0.05) is 31.0 Å². The van der Waals surface area contributed by atoms with Gasteiger partial charge in [-0.3, -0.25) is 4.79 Å². The van der Waals surface area contributed by atoms with Crippen LogP contribution in [0.4, 0.5) is 5.69 Å². The van der Waals surface area contributed by atoms with Crippen molar-refractivity contribution >= 4 is 22.9 Å². The van der Waals surface area contributed by atoms with Crippen LogP contribution < -0.4 is 9.64 Å². The van der Waals surface area contributed by atoms with E-state index < -0.39 is 0 Å². The van der Waals surface area contributed by atoms with Crippen molar-refractivity contribution in [3.8, 4) is 17.0 Å². The maximum absolute atomic E-state index is 12.2. The van der Waals surface area contributed by atoms with E-state index in [1.165, 1.54) is 0 Å². The number of carbonyl (C=O) groups excluding carboxylic acids is 1. The summed E-state index contributed by atoms with van der Waals surface area (Å²) < 4.78 is 10.7. The van der Waals surface area contributed by atoms with Gasteiger partial charge in [0.2, 0.25) is 0 Å². The summed E-state index contributed by atoms with van der Waals surface area (Å²) in [4.78, 5) is 18.7. The second-order valence-corrected chi connectivity index (χ2v) is 7.18. The predicted octanol–water partition coefficient (Wildman–Crippen LogP) is 3.38. The van der Waals surface area contributed by atoms with E-state index in [2.05, 4.69) is 18.8 Å². The largest absolute Gasteiger partial charge is 0.482 e. The number of methoxy groups -OCH3 is 1. The number of carbonyl (C=O) groups is 1. The van der Waals surface area contributed by atoms with Gasteiger partial charge >= 0.3 is 0 Å². The van der Waals surface area contributed by atoms with Crippen molar-refractivity contribution in [1.29, 1.82) is 0 Å². The molecular formula is C18H22N2O3S. The molecule has 0 unspecified atom stereocenters. The molecule has 0 saturated carbocycles. The summed E-state index contributed by atoms with van der Waals surface area (Å²) in [5.41, 5.74) is 2.76. The van der Waals surface area contributed by atoms with Gasteiger partial charge in [0.25, 0.3) is 5.91 Å². The zero-order valence-electron chi connectivity index (χ0n) is 14.2. The number of benzene rings is 1. The number of hydrogen-bond acceptors (Lipinski definition) is 5. The van der Waals surface area contributed by atoms with Crippen LogP contribution in [-0.2, 0) is 16.0 Å². The normalized spacial score (nSPS) is 14.0. The minimum absolute atomic E-state index is 0.00686. The van der Waals surface area contributed by atoms with E-state index in [0.717, 1.165) is 34.1 Å². The average molecular weight is 346 g/mol. The summed E-state index contributed by atoms with van der Waals surface area (Å²) in [6.07, 6.45) is 0.813. The van der Waals surface area contributed by atoms with Crippen molar-refractivity contribution < 1.29 is 14.3 Å². The fourth-order valence-electron chi connectivity index (χ4n) is 2.67. The van der Waals surface area contributed by atoms with Crippen molar-refractivity contribution in [2.75, 3.05) is 31.8 Å². The van der Waals surface area contributed by atoms with Crippen molar-refractivity contribution in [3.63, 3.8) is 0 Å². The standard InChI is InChI=1S/C18H22N2O3S/c1-12(2)9-20-15-8-13(4-5-16(15)23-10-18(20)21)14-11-24-17(19-14)6-7-22-3/h4-5,8,11-12H,6-7,9-10H2,1-3H3. The van der Waals surface area contributed by atoms with Crippen LogP contribution in [0.2, 0.25) is 0 Å². The zero-order valence-corrected chi connectivity index (χ0v) is 15.1. The van der Waals surface area contributed by atoms with E-state index in [9.17, 15) is 4.79 Å². The molecule has 2 heterocycles. The van der Waals surface area contributed by atoms with E-state index in [1.54, 1.807) is 18.4 Å². The predicted molar refractivity (Wildman–Crippen MR) is 95.8 cm³/mol. The average Bonchev–Trinajstić information content (AvgIpc) is 3.04. The Kier molecular flexibility index (Phi) is 5.16. The lowest BCUT2D eigenvalue weighted by molar-refractivity contribution is -0.121. The molecule has 0 atom stereocenters. The monoisotopic (exact) mass is 346 g/mol. The number of thiazole rings is 1. The van der Waals surface area contributed by atoms with Crippen LogP contribution in [0.1, 0.15) is 18.9 Å². The van der Waals surface area contributed by atoms with Gasteiger partial charge in [-0.05, 0) is 24.1 Å². The fourth-order valence-corrected chi connectivity index (χ4v) is 3.46. The van der Waals surface area contributed by atoms with Crippen molar-refractivity contribution in [2.45, 2.75) is 20.3 Å². The third kappa shape index (κ3) is 3.60. The Bertz CT molecular complexity index is 727. The smallest absolute Gasteiger partial charge is 0.265 e. The lowest BCUT2D eigenvalue weighted by Gasteiger charge is -2.31. The van der Waals surface area contributed by atoms with E-state index in [0.29, 0.717) is 19.1 Å². The first-order valence-corrected chi connectivity index (χ1v) is 8.97. The molecule has 2 aromatic rings. The minimum atomic E-state index is 0.00686. The zero-order chi connectivity index (χ0) is 17.1. The molecule has 0 saturated heterocycles. The molecule has 1 aromatic heterocycles. The Morgan fingerprint density at radius 2 is 2.25 bits per heavy atom. The van der Waals surface area contributed by atoms with Crippen LogP contribution >= 0.6 is 11.3 Å². The molecule has 0 aliphatic carbocycles. The summed E-state index contributed by atoms with van der Waals surface area (Å²) >= 11 is 1.63. The SMILES string of the molecule is COCCc1nc(-c2ccc3c(c2)N(CC(C)C)C(=O)CO3)cs1. The van der Waals surface area contributed by atoms with Gasteiger partial charge < -0.3 is 14.4 Å². The van der Waals surface area contributed by atoms with Crippen LogP contribution in [0.3, 0.4) is 0 Å². The van der Waals surface area contributed by atoms with Crippen LogP contribution in [0, 0.1) is 5.92 Å². The van der Waals surface area contributed by atoms with E-state index in [1.807, 2.05) is 28.5 Å². The minimum Gasteiger partial charge on any atom is -0.482 e. The molecule has 128 valence electrons. The van der Waals surface area contributed by atoms with E-state index in [4.69, 9.17) is 9.47 Å². The van der Waals surface area contributed by atoms with Gasteiger partial charge in [0.05, 0.1) is 23.0 Å². The lowest BCUT2D eigenvalue weighted by Crippen LogP contribution is -2.40. The number of hydrogen-bond donors (Lipinski definition) is 0. The van der Waals surface area contributed by atoms with Gasteiger partial charge in [0.1, 0.15) is 5.75 Å². The molecule has 24 heavy (non-hydrogen) atoms. The Hall–Kier alpha value is -1.92. The summed E-state index contributed by atoms with van der Waals surface area (Å²) in [5.74, 6) is 1.16.